The number of aliphatic hydroxyl groups is 1. The number of anilines is 1. The summed E-state index contributed by atoms with van der Waals surface area (Å²) in [7, 11) is 0. The van der Waals surface area contributed by atoms with Crippen LogP contribution in [0.5, 0.6) is 0 Å². The number of hydrogen-bond donors (Lipinski definition) is 3. The molecular formula is C15H19N3O2. The maximum atomic E-state index is 11.9. The van der Waals surface area contributed by atoms with Crippen molar-refractivity contribution in [1.82, 2.24) is 10.3 Å². The van der Waals surface area contributed by atoms with Gasteiger partial charge in [0, 0.05) is 23.7 Å². The van der Waals surface area contributed by atoms with E-state index in [0.717, 1.165) is 16.6 Å². The number of aromatic nitrogens is 1. The van der Waals surface area contributed by atoms with Crippen LogP contribution in [0.25, 0.3) is 10.9 Å². The van der Waals surface area contributed by atoms with E-state index in [0.29, 0.717) is 12.1 Å². The highest BCUT2D eigenvalue weighted by molar-refractivity contribution is 5.99. The van der Waals surface area contributed by atoms with E-state index < -0.39 is 0 Å². The lowest BCUT2D eigenvalue weighted by molar-refractivity contribution is 0.241. The third-order valence-corrected chi connectivity index (χ3v) is 3.05. The van der Waals surface area contributed by atoms with E-state index >= 15 is 0 Å². The van der Waals surface area contributed by atoms with E-state index in [1.165, 1.54) is 0 Å². The van der Waals surface area contributed by atoms with Crippen LogP contribution in [0, 0.1) is 6.92 Å². The molecule has 0 fully saturated rings. The highest BCUT2D eigenvalue weighted by atomic mass is 16.3. The molecular weight excluding hydrogens is 254 g/mol. The first kappa shape index (κ1) is 14.3. The second-order valence-electron chi connectivity index (χ2n) is 4.84. The molecule has 2 amide bonds. The number of hydrogen-bond acceptors (Lipinski definition) is 3. The third-order valence-electron chi connectivity index (χ3n) is 3.05. The Morgan fingerprint density at radius 2 is 2.15 bits per heavy atom. The number of amides is 2. The number of para-hydroxylation sites is 1. The summed E-state index contributed by atoms with van der Waals surface area (Å²) in [5.41, 5.74) is 2.36. The van der Waals surface area contributed by atoms with Crippen molar-refractivity contribution < 1.29 is 9.90 Å². The first-order chi connectivity index (χ1) is 9.60. The standard InChI is InChI=1S/C15H19N3O2/c1-10-6-7-12-4-3-5-13(14(12)16-10)18-15(20)17-11(2)8-9-19/h3-7,11,19H,8-9H2,1-2H3,(H2,17,18,20)/t11-/m1/s1. The van der Waals surface area contributed by atoms with Crippen LogP contribution in [0.4, 0.5) is 10.5 Å². The van der Waals surface area contributed by atoms with Crippen molar-refractivity contribution in [2.24, 2.45) is 0 Å². The predicted molar refractivity (Wildman–Crippen MR) is 79.8 cm³/mol. The molecule has 0 aliphatic rings. The summed E-state index contributed by atoms with van der Waals surface area (Å²) in [5, 5.41) is 15.4. The van der Waals surface area contributed by atoms with Gasteiger partial charge in [0.05, 0.1) is 11.2 Å². The fourth-order valence-electron chi connectivity index (χ4n) is 1.99. The number of aryl methyl sites for hydroxylation is 1. The smallest absolute Gasteiger partial charge is 0.319 e. The van der Waals surface area contributed by atoms with Gasteiger partial charge >= 0.3 is 6.03 Å². The van der Waals surface area contributed by atoms with Crippen LogP contribution < -0.4 is 10.6 Å². The maximum absolute atomic E-state index is 11.9. The molecule has 0 unspecified atom stereocenters. The van der Waals surface area contributed by atoms with Gasteiger partial charge in [0.1, 0.15) is 0 Å². The molecule has 106 valence electrons. The van der Waals surface area contributed by atoms with Gasteiger partial charge in [0.2, 0.25) is 0 Å². The van der Waals surface area contributed by atoms with Gasteiger partial charge in [-0.1, -0.05) is 18.2 Å². The molecule has 5 nitrogen and oxygen atoms in total. The molecule has 1 heterocycles. The predicted octanol–water partition coefficient (Wildman–Crippen LogP) is 2.44. The number of carbonyl (C=O) groups excluding carboxylic acids is 1. The topological polar surface area (TPSA) is 74.2 Å². The van der Waals surface area contributed by atoms with Crippen molar-refractivity contribution in [3.8, 4) is 0 Å². The van der Waals surface area contributed by atoms with Gasteiger partial charge in [0.25, 0.3) is 0 Å². The van der Waals surface area contributed by atoms with Crippen LogP contribution in [0.2, 0.25) is 0 Å². The minimum atomic E-state index is -0.290. The van der Waals surface area contributed by atoms with Crippen LogP contribution in [0.3, 0.4) is 0 Å². The summed E-state index contributed by atoms with van der Waals surface area (Å²) < 4.78 is 0. The summed E-state index contributed by atoms with van der Waals surface area (Å²) in [5.74, 6) is 0. The summed E-state index contributed by atoms with van der Waals surface area (Å²) in [4.78, 5) is 16.4. The monoisotopic (exact) mass is 273 g/mol. The van der Waals surface area contributed by atoms with Gasteiger partial charge in [-0.3, -0.25) is 4.98 Å². The van der Waals surface area contributed by atoms with E-state index in [-0.39, 0.29) is 18.7 Å². The van der Waals surface area contributed by atoms with Crippen LogP contribution in [0.1, 0.15) is 19.0 Å². The number of fused-ring (bicyclic) bond motifs is 1. The van der Waals surface area contributed by atoms with Crippen molar-refractivity contribution in [2.45, 2.75) is 26.3 Å². The van der Waals surface area contributed by atoms with Crippen LogP contribution in [-0.4, -0.2) is 28.8 Å². The number of aliphatic hydroxyl groups excluding tert-OH is 1. The van der Waals surface area contributed by atoms with Gasteiger partial charge in [-0.25, -0.2) is 4.79 Å². The number of rotatable bonds is 4. The molecule has 0 radical (unpaired) electrons. The van der Waals surface area contributed by atoms with Crippen molar-refractivity contribution >= 4 is 22.6 Å². The molecule has 0 saturated carbocycles. The van der Waals surface area contributed by atoms with Crippen LogP contribution in [-0.2, 0) is 0 Å². The molecule has 1 aromatic carbocycles. The molecule has 1 atom stereocenters. The quantitative estimate of drug-likeness (QED) is 0.801. The van der Waals surface area contributed by atoms with Gasteiger partial charge in [0.15, 0.2) is 0 Å². The normalized spacial score (nSPS) is 12.2. The molecule has 0 aliphatic carbocycles. The van der Waals surface area contributed by atoms with E-state index in [1.807, 2.05) is 44.2 Å². The van der Waals surface area contributed by atoms with E-state index in [1.54, 1.807) is 0 Å². The Hall–Kier alpha value is -2.14. The minimum absolute atomic E-state index is 0.0520. The Labute approximate surface area is 118 Å². The van der Waals surface area contributed by atoms with Crippen molar-refractivity contribution in [2.75, 3.05) is 11.9 Å². The molecule has 2 rings (SSSR count). The Balaban J connectivity index is 2.17. The zero-order valence-electron chi connectivity index (χ0n) is 11.7. The largest absolute Gasteiger partial charge is 0.396 e. The van der Waals surface area contributed by atoms with E-state index in [2.05, 4.69) is 15.6 Å². The Morgan fingerprint density at radius 1 is 1.35 bits per heavy atom. The molecule has 20 heavy (non-hydrogen) atoms. The molecule has 0 saturated heterocycles. The molecule has 0 bridgehead atoms. The maximum Gasteiger partial charge on any atom is 0.319 e. The highest BCUT2D eigenvalue weighted by Gasteiger charge is 2.09. The van der Waals surface area contributed by atoms with Gasteiger partial charge < -0.3 is 15.7 Å². The SMILES string of the molecule is Cc1ccc2cccc(NC(=O)N[C@H](C)CCO)c2n1. The zero-order valence-corrected chi connectivity index (χ0v) is 11.7. The zero-order chi connectivity index (χ0) is 14.5. The average molecular weight is 273 g/mol. The lowest BCUT2D eigenvalue weighted by Crippen LogP contribution is -2.36. The number of nitrogens with zero attached hydrogens (tertiary/aromatic N) is 1. The summed E-state index contributed by atoms with van der Waals surface area (Å²) in [6, 6.07) is 9.22. The summed E-state index contributed by atoms with van der Waals surface area (Å²) >= 11 is 0. The number of urea groups is 1. The Morgan fingerprint density at radius 3 is 2.90 bits per heavy atom. The summed E-state index contributed by atoms with van der Waals surface area (Å²) in [6.45, 7) is 3.82. The summed E-state index contributed by atoms with van der Waals surface area (Å²) in [6.07, 6.45) is 0.528. The fraction of sp³-hybridized carbons (Fsp3) is 0.333. The van der Waals surface area contributed by atoms with Gasteiger partial charge in [-0.15, -0.1) is 0 Å². The fourth-order valence-corrected chi connectivity index (χ4v) is 1.99. The highest BCUT2D eigenvalue weighted by Crippen LogP contribution is 2.21. The number of carbonyl (C=O) groups is 1. The third kappa shape index (κ3) is 3.45. The molecule has 3 N–H and O–H groups in total. The lowest BCUT2D eigenvalue weighted by Gasteiger charge is -2.14. The molecule has 2 aromatic rings. The lowest BCUT2D eigenvalue weighted by atomic mass is 10.2. The van der Waals surface area contributed by atoms with Crippen molar-refractivity contribution in [3.05, 3.63) is 36.0 Å². The second-order valence-corrected chi connectivity index (χ2v) is 4.84. The first-order valence-electron chi connectivity index (χ1n) is 6.65. The molecule has 5 heteroatoms. The second kappa shape index (κ2) is 6.34. The number of benzene rings is 1. The molecule has 1 aromatic heterocycles. The number of pyridine rings is 1. The van der Waals surface area contributed by atoms with Gasteiger partial charge in [-0.2, -0.15) is 0 Å². The first-order valence-corrected chi connectivity index (χ1v) is 6.65. The van der Waals surface area contributed by atoms with Crippen molar-refractivity contribution in [3.63, 3.8) is 0 Å². The van der Waals surface area contributed by atoms with Crippen molar-refractivity contribution in [1.29, 1.82) is 0 Å². The Bertz CT molecular complexity index is 613. The molecule has 0 spiro atoms. The average Bonchev–Trinajstić information content (AvgIpc) is 2.39. The Kier molecular flexibility index (Phi) is 4.53. The van der Waals surface area contributed by atoms with E-state index in [9.17, 15) is 4.79 Å². The molecule has 0 aliphatic heterocycles. The minimum Gasteiger partial charge on any atom is -0.396 e. The van der Waals surface area contributed by atoms with Crippen LogP contribution in [0.15, 0.2) is 30.3 Å². The van der Waals surface area contributed by atoms with Crippen LogP contribution >= 0.6 is 0 Å². The number of nitrogens with one attached hydrogen (secondary N) is 2. The van der Waals surface area contributed by atoms with E-state index in [4.69, 9.17) is 5.11 Å². The van der Waals surface area contributed by atoms with Gasteiger partial charge in [-0.05, 0) is 32.4 Å².